The number of rotatable bonds is 6. The Labute approximate surface area is 193 Å². The summed E-state index contributed by atoms with van der Waals surface area (Å²) in [6.45, 7) is 9.48. The molecule has 0 saturated heterocycles. The number of methoxy groups -OCH3 is 1. The smallest absolute Gasteiger partial charge is 0.274 e. The second-order valence-electron chi connectivity index (χ2n) is 8.75. The van der Waals surface area contributed by atoms with Gasteiger partial charge >= 0.3 is 0 Å². The number of carbonyl (C=O) groups is 1. The molecule has 1 unspecified atom stereocenters. The van der Waals surface area contributed by atoms with Crippen molar-refractivity contribution >= 4 is 23.4 Å². The molecule has 2 aromatic carbocycles. The van der Waals surface area contributed by atoms with Crippen molar-refractivity contribution in [1.29, 1.82) is 0 Å². The lowest BCUT2D eigenvalue weighted by Gasteiger charge is -2.47. The van der Waals surface area contributed by atoms with Crippen molar-refractivity contribution in [2.45, 2.75) is 38.8 Å². The minimum atomic E-state index is -1.02. The fraction of sp³-hybridized carbons (Fsp3) is 0.400. The first-order chi connectivity index (χ1) is 15.7. The Bertz CT molecular complexity index is 1140. The van der Waals surface area contributed by atoms with Crippen LogP contribution in [0, 0.1) is 10.1 Å². The summed E-state index contributed by atoms with van der Waals surface area (Å²) in [6, 6.07) is 10.8. The molecule has 2 aromatic rings. The van der Waals surface area contributed by atoms with Gasteiger partial charge in [-0.3, -0.25) is 14.9 Å². The van der Waals surface area contributed by atoms with Gasteiger partial charge in [0.1, 0.15) is 6.54 Å². The third-order valence-electron chi connectivity index (χ3n) is 6.82. The molecule has 0 radical (unpaired) electrons. The number of nitrogens with zero attached hydrogens (tertiary/aromatic N) is 3. The Morgan fingerprint density at radius 3 is 2.55 bits per heavy atom. The van der Waals surface area contributed by atoms with E-state index in [4.69, 9.17) is 9.47 Å². The Morgan fingerprint density at radius 2 is 1.91 bits per heavy atom. The lowest BCUT2D eigenvalue weighted by atomic mass is 9.76. The average Bonchev–Trinajstić information content (AvgIpc) is 2.98. The van der Waals surface area contributed by atoms with Crippen molar-refractivity contribution in [3.05, 3.63) is 63.7 Å². The van der Waals surface area contributed by atoms with Gasteiger partial charge in [0.2, 0.25) is 11.6 Å². The zero-order valence-corrected chi connectivity index (χ0v) is 19.6. The maximum atomic E-state index is 13.2. The second kappa shape index (κ2) is 8.10. The number of non-ortho nitro benzene ring substituents is 1. The van der Waals surface area contributed by atoms with Crippen LogP contribution in [0.15, 0.2) is 42.5 Å². The number of fused-ring (bicyclic) bond motifs is 2. The molecule has 0 aromatic heterocycles. The normalized spacial score (nSPS) is 19.6. The number of likely N-dealkylation sites (N-methyl/N-ethyl adjacent to an activating group) is 1. The van der Waals surface area contributed by atoms with Gasteiger partial charge in [-0.1, -0.05) is 18.2 Å². The number of carbonyl (C=O) groups excluding carboxylic acids is 1. The quantitative estimate of drug-likeness (QED) is 0.479. The molecular weight excluding hydrogens is 422 g/mol. The lowest BCUT2D eigenvalue weighted by molar-refractivity contribution is -0.385. The van der Waals surface area contributed by atoms with Gasteiger partial charge in [0.05, 0.1) is 23.5 Å². The van der Waals surface area contributed by atoms with Crippen molar-refractivity contribution in [1.82, 2.24) is 4.90 Å². The first-order valence-corrected chi connectivity index (χ1v) is 11.1. The van der Waals surface area contributed by atoms with Gasteiger partial charge in [0.25, 0.3) is 5.69 Å². The highest BCUT2D eigenvalue weighted by molar-refractivity contribution is 5.85. The molecule has 2 aliphatic rings. The van der Waals surface area contributed by atoms with Crippen LogP contribution in [0.3, 0.4) is 0 Å². The molecule has 0 aliphatic carbocycles. The van der Waals surface area contributed by atoms with Crippen LogP contribution in [-0.4, -0.2) is 48.2 Å². The second-order valence-corrected chi connectivity index (χ2v) is 8.75. The Morgan fingerprint density at radius 1 is 1.21 bits per heavy atom. The number of nitro benzene ring substituents is 1. The van der Waals surface area contributed by atoms with E-state index >= 15 is 0 Å². The molecule has 0 saturated carbocycles. The Hall–Kier alpha value is -3.55. The van der Waals surface area contributed by atoms with E-state index in [2.05, 4.69) is 19.9 Å². The highest BCUT2D eigenvalue weighted by Crippen LogP contribution is 2.56. The number of hydrogen-bond acceptors (Lipinski definition) is 6. The maximum absolute atomic E-state index is 13.2. The summed E-state index contributed by atoms with van der Waals surface area (Å²) in [5.74, 6) is 0.710. The van der Waals surface area contributed by atoms with E-state index in [1.165, 1.54) is 19.2 Å². The zero-order chi connectivity index (χ0) is 24.0. The van der Waals surface area contributed by atoms with Crippen molar-refractivity contribution in [2.24, 2.45) is 0 Å². The monoisotopic (exact) mass is 451 g/mol. The molecule has 0 bridgehead atoms. The van der Waals surface area contributed by atoms with Crippen LogP contribution in [0.2, 0.25) is 0 Å². The lowest BCUT2D eigenvalue weighted by Crippen LogP contribution is -2.61. The van der Waals surface area contributed by atoms with E-state index in [0.717, 1.165) is 11.3 Å². The number of hydrogen-bond donors (Lipinski definition) is 0. The van der Waals surface area contributed by atoms with Crippen LogP contribution in [0.5, 0.6) is 11.5 Å². The van der Waals surface area contributed by atoms with Crippen molar-refractivity contribution < 1.29 is 19.2 Å². The zero-order valence-electron chi connectivity index (χ0n) is 19.6. The standard InChI is InChI=1S/C25H29N3O5/c1-6-26(7-2)22(29)16-27-20-11-9-8-10-19(20)24(3,4)25(27)13-12-17-14-18(28(30)31)15-21(32-5)23(17)33-25/h8-15H,6-7,16H2,1-5H3. The van der Waals surface area contributed by atoms with Crippen LogP contribution in [-0.2, 0) is 10.2 Å². The van der Waals surface area contributed by atoms with Gasteiger partial charge < -0.3 is 19.3 Å². The largest absolute Gasteiger partial charge is 0.493 e. The minimum absolute atomic E-state index is 0.00494. The van der Waals surface area contributed by atoms with Crippen LogP contribution >= 0.6 is 0 Å². The third kappa shape index (κ3) is 3.32. The summed E-state index contributed by atoms with van der Waals surface area (Å²) in [5.41, 5.74) is 0.929. The fourth-order valence-electron chi connectivity index (χ4n) is 4.93. The Kier molecular flexibility index (Phi) is 5.56. The molecule has 33 heavy (non-hydrogen) atoms. The van der Waals surface area contributed by atoms with E-state index in [-0.39, 0.29) is 23.9 Å². The van der Waals surface area contributed by atoms with E-state index in [1.54, 1.807) is 4.90 Å². The molecule has 1 amide bonds. The van der Waals surface area contributed by atoms with Gasteiger partial charge in [-0.25, -0.2) is 0 Å². The molecule has 2 aliphatic heterocycles. The van der Waals surface area contributed by atoms with Crippen molar-refractivity contribution in [3.8, 4) is 11.5 Å². The summed E-state index contributed by atoms with van der Waals surface area (Å²) < 4.78 is 12.2. The third-order valence-corrected chi connectivity index (χ3v) is 6.82. The Balaban J connectivity index is 1.87. The highest BCUT2D eigenvalue weighted by atomic mass is 16.6. The molecule has 174 valence electrons. The van der Waals surface area contributed by atoms with E-state index in [0.29, 0.717) is 24.4 Å². The molecule has 2 heterocycles. The number of anilines is 1. The summed E-state index contributed by atoms with van der Waals surface area (Å²) >= 11 is 0. The molecule has 1 spiro atoms. The molecule has 8 heteroatoms. The van der Waals surface area contributed by atoms with Gasteiger partial charge in [-0.2, -0.15) is 0 Å². The summed E-state index contributed by atoms with van der Waals surface area (Å²) in [7, 11) is 1.46. The van der Waals surface area contributed by atoms with E-state index in [9.17, 15) is 14.9 Å². The minimum Gasteiger partial charge on any atom is -0.493 e. The number of para-hydroxylation sites is 1. The average molecular weight is 452 g/mol. The van der Waals surface area contributed by atoms with Crippen LogP contribution in [0.1, 0.15) is 38.8 Å². The molecular formula is C25H29N3O5. The molecule has 0 fully saturated rings. The molecule has 1 atom stereocenters. The predicted octanol–water partition coefficient (Wildman–Crippen LogP) is 4.37. The number of ether oxygens (including phenoxy) is 2. The van der Waals surface area contributed by atoms with Gasteiger partial charge in [0, 0.05) is 30.4 Å². The van der Waals surface area contributed by atoms with E-state index in [1.807, 2.05) is 49.1 Å². The van der Waals surface area contributed by atoms with Crippen LogP contribution in [0.25, 0.3) is 6.08 Å². The summed E-state index contributed by atoms with van der Waals surface area (Å²) in [5, 5.41) is 11.4. The first kappa shape index (κ1) is 22.6. The van der Waals surface area contributed by atoms with Gasteiger partial charge in [-0.15, -0.1) is 0 Å². The molecule has 8 nitrogen and oxygen atoms in total. The van der Waals surface area contributed by atoms with Crippen LogP contribution < -0.4 is 14.4 Å². The number of amides is 1. The molecule has 0 N–H and O–H groups in total. The van der Waals surface area contributed by atoms with E-state index < -0.39 is 16.1 Å². The number of benzene rings is 2. The predicted molar refractivity (Wildman–Crippen MR) is 127 cm³/mol. The fourth-order valence-corrected chi connectivity index (χ4v) is 4.93. The highest BCUT2D eigenvalue weighted by Gasteiger charge is 2.59. The summed E-state index contributed by atoms with van der Waals surface area (Å²) in [6.07, 6.45) is 3.74. The topological polar surface area (TPSA) is 85.2 Å². The number of nitro groups is 1. The van der Waals surface area contributed by atoms with Crippen LogP contribution in [0.4, 0.5) is 11.4 Å². The SMILES string of the molecule is CCN(CC)C(=O)CN1c2ccccc2C(C)(C)C12C=Cc1cc([N+](=O)[O-])cc(OC)c1O2. The molecule has 4 rings (SSSR count). The van der Waals surface area contributed by atoms with Crippen molar-refractivity contribution in [2.75, 3.05) is 31.6 Å². The first-order valence-electron chi connectivity index (χ1n) is 11.1. The summed E-state index contributed by atoms with van der Waals surface area (Å²) in [4.78, 5) is 27.9. The van der Waals surface area contributed by atoms with Crippen molar-refractivity contribution in [3.63, 3.8) is 0 Å². The van der Waals surface area contributed by atoms with Gasteiger partial charge in [0.15, 0.2) is 11.5 Å². The maximum Gasteiger partial charge on any atom is 0.274 e. The van der Waals surface area contributed by atoms with Gasteiger partial charge in [-0.05, 0) is 51.5 Å².